The Balaban J connectivity index is 1.71. The lowest BCUT2D eigenvalue weighted by atomic mass is 10.1. The number of rotatable bonds is 2. The number of aromatic nitrogens is 2. The number of nitrogens with one attached hydrogen (secondary N) is 2. The van der Waals surface area contributed by atoms with Crippen molar-refractivity contribution in [2.24, 2.45) is 5.10 Å². The normalized spacial score (nSPS) is 17.8. The number of H-pyrrole nitrogens is 1. The highest BCUT2D eigenvalue weighted by molar-refractivity contribution is 7.91. The monoisotopic (exact) mass is 344 g/mol. The number of halogens is 1. The van der Waals surface area contributed by atoms with Crippen LogP contribution >= 0.6 is 0 Å². The van der Waals surface area contributed by atoms with Crippen LogP contribution in [-0.4, -0.2) is 29.9 Å². The minimum absolute atomic E-state index is 0.0493. The van der Waals surface area contributed by atoms with Crippen molar-refractivity contribution in [3.05, 3.63) is 53.8 Å². The topological polar surface area (TPSA) is 87.2 Å². The third kappa shape index (κ3) is 2.54. The number of benzene rings is 2. The Bertz CT molecular complexity index is 1040. The molecule has 8 heteroatoms. The van der Waals surface area contributed by atoms with Gasteiger partial charge in [0.2, 0.25) is 5.95 Å². The number of hydrazone groups is 1. The summed E-state index contributed by atoms with van der Waals surface area (Å²) in [4.78, 5) is 7.51. The van der Waals surface area contributed by atoms with E-state index >= 15 is 0 Å². The van der Waals surface area contributed by atoms with E-state index in [1.54, 1.807) is 0 Å². The van der Waals surface area contributed by atoms with E-state index in [1.165, 1.54) is 12.1 Å². The van der Waals surface area contributed by atoms with Gasteiger partial charge >= 0.3 is 0 Å². The fourth-order valence-corrected chi connectivity index (χ4v) is 4.19. The van der Waals surface area contributed by atoms with E-state index in [0.29, 0.717) is 17.2 Å². The van der Waals surface area contributed by atoms with Gasteiger partial charge in [-0.2, -0.15) is 5.10 Å². The highest BCUT2D eigenvalue weighted by Gasteiger charge is 2.28. The van der Waals surface area contributed by atoms with Gasteiger partial charge in [0, 0.05) is 12.0 Å². The number of sulfone groups is 1. The number of fused-ring (bicyclic) bond motifs is 2. The molecule has 6 nitrogen and oxygen atoms in total. The standard InChI is InChI=1S/C16H13FN4O2S/c17-10-5-6-15-11(9-10)12(7-8-24(15,22)23)20-21-16-18-13-3-1-2-4-14(13)19-16/h1-6,9H,7-8H2,(H2,18,19,21)/b20-12-. The van der Waals surface area contributed by atoms with E-state index in [-0.39, 0.29) is 17.1 Å². The summed E-state index contributed by atoms with van der Waals surface area (Å²) in [5.74, 6) is -0.107. The first-order valence-corrected chi connectivity index (χ1v) is 8.98. The van der Waals surface area contributed by atoms with Gasteiger partial charge in [0.25, 0.3) is 0 Å². The lowest BCUT2D eigenvalue weighted by Gasteiger charge is -2.18. The molecule has 0 aliphatic carbocycles. The maximum atomic E-state index is 13.5. The Hall–Kier alpha value is -2.74. The maximum Gasteiger partial charge on any atom is 0.222 e. The lowest BCUT2D eigenvalue weighted by Crippen LogP contribution is -2.23. The molecule has 0 saturated carbocycles. The number of anilines is 1. The first-order chi connectivity index (χ1) is 11.5. The first kappa shape index (κ1) is 14.8. The second-order valence-corrected chi connectivity index (χ2v) is 7.56. The highest BCUT2D eigenvalue weighted by atomic mass is 32.2. The summed E-state index contributed by atoms with van der Waals surface area (Å²) in [6, 6.07) is 11.2. The van der Waals surface area contributed by atoms with Crippen molar-refractivity contribution in [2.45, 2.75) is 11.3 Å². The molecule has 0 saturated heterocycles. The van der Waals surface area contributed by atoms with Crippen molar-refractivity contribution in [3.63, 3.8) is 0 Å². The van der Waals surface area contributed by atoms with Crippen LogP contribution < -0.4 is 5.43 Å². The number of aromatic amines is 1. The third-order valence-corrected chi connectivity index (χ3v) is 5.65. The SMILES string of the molecule is O=S1(=O)CC/C(=N/Nc2nc3ccccc3[nH]2)c2cc(F)ccc21. The molecule has 0 unspecified atom stereocenters. The van der Waals surface area contributed by atoms with E-state index in [0.717, 1.165) is 17.1 Å². The second-order valence-electron chi connectivity index (χ2n) is 5.48. The Morgan fingerprint density at radius 1 is 1.21 bits per heavy atom. The highest BCUT2D eigenvalue weighted by Crippen LogP contribution is 2.26. The molecule has 3 aromatic rings. The van der Waals surface area contributed by atoms with E-state index in [1.807, 2.05) is 24.3 Å². The molecule has 2 aromatic carbocycles. The molecule has 0 fully saturated rings. The molecule has 24 heavy (non-hydrogen) atoms. The Morgan fingerprint density at radius 2 is 2.04 bits per heavy atom. The molecule has 0 radical (unpaired) electrons. The largest absolute Gasteiger partial charge is 0.323 e. The lowest BCUT2D eigenvalue weighted by molar-refractivity contribution is 0.593. The fourth-order valence-electron chi connectivity index (χ4n) is 2.72. The zero-order valence-corrected chi connectivity index (χ0v) is 13.3. The number of nitrogens with zero attached hydrogens (tertiary/aromatic N) is 2. The van der Waals surface area contributed by atoms with E-state index < -0.39 is 15.7 Å². The Kier molecular flexibility index (Phi) is 3.34. The summed E-state index contributed by atoms with van der Waals surface area (Å²) in [5, 5.41) is 4.24. The zero-order chi connectivity index (χ0) is 16.7. The molecule has 1 aromatic heterocycles. The minimum Gasteiger partial charge on any atom is -0.323 e. The van der Waals surface area contributed by atoms with Gasteiger partial charge in [-0.05, 0) is 30.3 Å². The molecule has 1 aliphatic rings. The summed E-state index contributed by atoms with van der Waals surface area (Å²) < 4.78 is 37.7. The minimum atomic E-state index is -3.39. The van der Waals surface area contributed by atoms with Gasteiger partial charge < -0.3 is 4.98 Å². The van der Waals surface area contributed by atoms with Gasteiger partial charge in [-0.1, -0.05) is 12.1 Å². The zero-order valence-electron chi connectivity index (χ0n) is 12.5. The summed E-state index contributed by atoms with van der Waals surface area (Å²) >= 11 is 0. The molecule has 4 rings (SSSR count). The van der Waals surface area contributed by atoms with Gasteiger partial charge in [0.05, 0.1) is 27.4 Å². The summed E-state index contributed by atoms with van der Waals surface area (Å²) in [6.45, 7) is 0. The van der Waals surface area contributed by atoms with Crippen LogP contribution in [0.25, 0.3) is 11.0 Å². The molecule has 0 spiro atoms. The summed E-state index contributed by atoms with van der Waals surface area (Å²) in [6.07, 6.45) is 0.214. The van der Waals surface area contributed by atoms with Crippen LogP contribution in [0.15, 0.2) is 52.5 Å². The number of para-hydroxylation sites is 2. The second kappa shape index (κ2) is 5.41. The van der Waals surface area contributed by atoms with E-state index in [9.17, 15) is 12.8 Å². The van der Waals surface area contributed by atoms with Gasteiger partial charge in [0.1, 0.15) is 5.82 Å². The molecule has 0 bridgehead atoms. The molecule has 0 atom stereocenters. The van der Waals surface area contributed by atoms with Crippen LogP contribution in [0.1, 0.15) is 12.0 Å². The fraction of sp³-hybridized carbons (Fsp3) is 0.125. The van der Waals surface area contributed by atoms with E-state index in [4.69, 9.17) is 0 Å². The molecule has 0 amide bonds. The van der Waals surface area contributed by atoms with Gasteiger partial charge in [-0.3, -0.25) is 0 Å². The van der Waals surface area contributed by atoms with Crippen molar-refractivity contribution >= 4 is 32.5 Å². The van der Waals surface area contributed by atoms with Crippen molar-refractivity contribution < 1.29 is 12.8 Å². The van der Waals surface area contributed by atoms with Crippen LogP contribution in [0.3, 0.4) is 0 Å². The average molecular weight is 344 g/mol. The van der Waals surface area contributed by atoms with Crippen molar-refractivity contribution in [3.8, 4) is 0 Å². The molecular weight excluding hydrogens is 331 g/mol. The Labute approximate surface area is 137 Å². The maximum absolute atomic E-state index is 13.5. The van der Waals surface area contributed by atoms with Crippen LogP contribution in [0.4, 0.5) is 10.3 Å². The first-order valence-electron chi connectivity index (χ1n) is 7.33. The third-order valence-electron chi connectivity index (χ3n) is 3.88. The summed E-state index contributed by atoms with van der Waals surface area (Å²) in [7, 11) is -3.39. The van der Waals surface area contributed by atoms with Crippen molar-refractivity contribution in [2.75, 3.05) is 11.2 Å². The molecule has 2 heterocycles. The van der Waals surface area contributed by atoms with Crippen LogP contribution in [0.2, 0.25) is 0 Å². The van der Waals surface area contributed by atoms with Gasteiger partial charge in [0.15, 0.2) is 9.84 Å². The van der Waals surface area contributed by atoms with Crippen molar-refractivity contribution in [1.29, 1.82) is 0 Å². The van der Waals surface area contributed by atoms with Crippen LogP contribution in [0, 0.1) is 5.82 Å². The number of hydrogen-bond donors (Lipinski definition) is 2. The number of imidazole rings is 1. The van der Waals surface area contributed by atoms with Crippen LogP contribution in [0.5, 0.6) is 0 Å². The van der Waals surface area contributed by atoms with Gasteiger partial charge in [-0.15, -0.1) is 0 Å². The number of hydrogen-bond acceptors (Lipinski definition) is 5. The molecule has 1 aliphatic heterocycles. The summed E-state index contributed by atoms with van der Waals surface area (Å²) in [5.41, 5.74) is 5.23. The smallest absolute Gasteiger partial charge is 0.222 e. The average Bonchev–Trinajstić information content (AvgIpc) is 2.96. The van der Waals surface area contributed by atoms with Gasteiger partial charge in [-0.25, -0.2) is 23.2 Å². The van der Waals surface area contributed by atoms with E-state index in [2.05, 4.69) is 20.5 Å². The Morgan fingerprint density at radius 3 is 2.88 bits per heavy atom. The molecular formula is C16H13FN4O2S. The van der Waals surface area contributed by atoms with Crippen LogP contribution in [-0.2, 0) is 9.84 Å². The quantitative estimate of drug-likeness (QED) is 0.553. The predicted octanol–water partition coefficient (Wildman–Crippen LogP) is 2.70. The molecule has 2 N–H and O–H groups in total. The predicted molar refractivity (Wildman–Crippen MR) is 89.3 cm³/mol. The molecule has 122 valence electrons. The van der Waals surface area contributed by atoms with Crippen molar-refractivity contribution in [1.82, 2.24) is 9.97 Å².